The predicted octanol–water partition coefficient (Wildman–Crippen LogP) is 3.00. The third kappa shape index (κ3) is 1.97. The van der Waals surface area contributed by atoms with Crippen LogP contribution in [-0.2, 0) is 5.75 Å². The summed E-state index contributed by atoms with van der Waals surface area (Å²) < 4.78 is 0. The van der Waals surface area contributed by atoms with Crippen LogP contribution in [0.15, 0.2) is 0 Å². The molecule has 1 aromatic heterocycles. The minimum Gasteiger partial charge on any atom is -0.246 e. The van der Waals surface area contributed by atoms with Gasteiger partial charge in [0, 0.05) is 16.5 Å². The number of thiazole rings is 1. The Labute approximate surface area is 77.3 Å². The lowest BCUT2D eigenvalue weighted by atomic mass is 10.2. The van der Waals surface area contributed by atoms with Gasteiger partial charge in [-0.3, -0.25) is 0 Å². The second-order valence-electron chi connectivity index (χ2n) is 2.87. The van der Waals surface area contributed by atoms with E-state index in [1.165, 1.54) is 9.88 Å². The highest BCUT2D eigenvalue weighted by Crippen LogP contribution is 2.25. The number of hydrogen-bond acceptors (Lipinski definition) is 3. The number of aromatic nitrogens is 1. The Kier molecular flexibility index (Phi) is 2.96. The van der Waals surface area contributed by atoms with Crippen molar-refractivity contribution in [2.45, 2.75) is 32.4 Å². The van der Waals surface area contributed by atoms with Gasteiger partial charge < -0.3 is 0 Å². The first-order chi connectivity index (χ1) is 5.15. The second-order valence-corrected chi connectivity index (χ2v) is 4.30. The molecule has 1 aromatic rings. The molecule has 1 rings (SSSR count). The van der Waals surface area contributed by atoms with Crippen LogP contribution in [0, 0.1) is 6.92 Å². The van der Waals surface area contributed by atoms with Crippen LogP contribution < -0.4 is 0 Å². The van der Waals surface area contributed by atoms with Crippen LogP contribution in [-0.4, -0.2) is 4.98 Å². The van der Waals surface area contributed by atoms with E-state index in [2.05, 4.69) is 31.5 Å². The summed E-state index contributed by atoms with van der Waals surface area (Å²) in [7, 11) is 0. The first kappa shape index (κ1) is 9.07. The maximum Gasteiger partial charge on any atom is 0.0956 e. The van der Waals surface area contributed by atoms with E-state index in [4.69, 9.17) is 0 Å². The standard InChI is InChI=1S/C8H13NS2/c1-5(2)8-9-6(3)7(4-10)11-8/h5,10H,4H2,1-3H3. The van der Waals surface area contributed by atoms with Crippen molar-refractivity contribution in [2.75, 3.05) is 0 Å². The molecule has 0 atom stereocenters. The molecule has 0 aliphatic carbocycles. The Morgan fingerprint density at radius 3 is 2.45 bits per heavy atom. The van der Waals surface area contributed by atoms with Crippen molar-refractivity contribution < 1.29 is 0 Å². The van der Waals surface area contributed by atoms with Gasteiger partial charge in [0.25, 0.3) is 0 Å². The van der Waals surface area contributed by atoms with E-state index in [0.29, 0.717) is 5.92 Å². The Morgan fingerprint density at radius 2 is 2.18 bits per heavy atom. The monoisotopic (exact) mass is 187 g/mol. The molecule has 1 nitrogen and oxygen atoms in total. The fraction of sp³-hybridized carbons (Fsp3) is 0.625. The number of aryl methyl sites for hydroxylation is 1. The van der Waals surface area contributed by atoms with Gasteiger partial charge in [-0.05, 0) is 6.92 Å². The fourth-order valence-corrected chi connectivity index (χ4v) is 2.20. The lowest BCUT2D eigenvalue weighted by molar-refractivity contribution is 0.847. The topological polar surface area (TPSA) is 12.9 Å². The molecule has 0 radical (unpaired) electrons. The molecule has 0 saturated heterocycles. The SMILES string of the molecule is Cc1nc(C(C)C)sc1CS. The normalized spacial score (nSPS) is 11.0. The average Bonchev–Trinajstić information content (AvgIpc) is 2.31. The molecule has 0 aliphatic heterocycles. The minimum absolute atomic E-state index is 0.548. The molecule has 0 aromatic carbocycles. The molecule has 0 fully saturated rings. The second kappa shape index (κ2) is 3.59. The summed E-state index contributed by atoms with van der Waals surface area (Å²) in [5.41, 5.74) is 1.15. The van der Waals surface area contributed by atoms with Gasteiger partial charge in [0.15, 0.2) is 0 Å². The van der Waals surface area contributed by atoms with Crippen molar-refractivity contribution in [3.05, 3.63) is 15.6 Å². The summed E-state index contributed by atoms with van der Waals surface area (Å²) in [6, 6.07) is 0. The molecule has 0 N–H and O–H groups in total. The Bertz CT molecular complexity index is 240. The summed E-state index contributed by atoms with van der Waals surface area (Å²) in [6.07, 6.45) is 0. The van der Waals surface area contributed by atoms with Crippen LogP contribution in [0.25, 0.3) is 0 Å². The molecule has 62 valence electrons. The summed E-state index contributed by atoms with van der Waals surface area (Å²) >= 11 is 6.01. The van der Waals surface area contributed by atoms with Gasteiger partial charge in [0.1, 0.15) is 0 Å². The smallest absolute Gasteiger partial charge is 0.0956 e. The van der Waals surface area contributed by atoms with Gasteiger partial charge in [0.05, 0.1) is 10.7 Å². The third-order valence-corrected chi connectivity index (χ3v) is 3.53. The zero-order chi connectivity index (χ0) is 8.43. The van der Waals surface area contributed by atoms with Crippen LogP contribution in [0.5, 0.6) is 0 Å². The van der Waals surface area contributed by atoms with Gasteiger partial charge >= 0.3 is 0 Å². The highest BCUT2D eigenvalue weighted by molar-refractivity contribution is 7.79. The Balaban J connectivity index is 2.95. The fourth-order valence-electron chi connectivity index (χ4n) is 0.844. The molecular weight excluding hydrogens is 174 g/mol. The van der Waals surface area contributed by atoms with Crippen molar-refractivity contribution in [1.82, 2.24) is 4.98 Å². The van der Waals surface area contributed by atoms with Crippen molar-refractivity contribution in [1.29, 1.82) is 0 Å². The quantitative estimate of drug-likeness (QED) is 0.702. The Morgan fingerprint density at radius 1 is 1.55 bits per heavy atom. The largest absolute Gasteiger partial charge is 0.246 e. The number of hydrogen-bond donors (Lipinski definition) is 1. The average molecular weight is 187 g/mol. The zero-order valence-electron chi connectivity index (χ0n) is 7.09. The van der Waals surface area contributed by atoms with Gasteiger partial charge in [0.2, 0.25) is 0 Å². The van der Waals surface area contributed by atoms with Crippen molar-refractivity contribution >= 4 is 24.0 Å². The van der Waals surface area contributed by atoms with E-state index in [1.54, 1.807) is 11.3 Å². The van der Waals surface area contributed by atoms with Crippen LogP contribution >= 0.6 is 24.0 Å². The first-order valence-electron chi connectivity index (χ1n) is 3.72. The summed E-state index contributed by atoms with van der Waals surface area (Å²) in [5.74, 6) is 1.36. The Hall–Kier alpha value is -0.0200. The van der Waals surface area contributed by atoms with Crippen molar-refractivity contribution in [3.63, 3.8) is 0 Å². The first-order valence-corrected chi connectivity index (χ1v) is 5.17. The molecule has 1 heterocycles. The minimum atomic E-state index is 0.548. The highest BCUT2D eigenvalue weighted by Gasteiger charge is 2.08. The van der Waals surface area contributed by atoms with Crippen molar-refractivity contribution in [2.24, 2.45) is 0 Å². The van der Waals surface area contributed by atoms with Gasteiger partial charge in [-0.25, -0.2) is 4.98 Å². The molecule has 0 unspecified atom stereocenters. The van der Waals surface area contributed by atoms with Crippen LogP contribution in [0.1, 0.15) is 35.3 Å². The van der Waals surface area contributed by atoms with E-state index < -0.39 is 0 Å². The maximum absolute atomic E-state index is 4.45. The third-order valence-electron chi connectivity index (χ3n) is 1.55. The zero-order valence-corrected chi connectivity index (χ0v) is 8.80. The lowest BCUT2D eigenvalue weighted by Crippen LogP contribution is -1.84. The number of nitrogens with zero attached hydrogens (tertiary/aromatic N) is 1. The molecule has 0 amide bonds. The summed E-state index contributed by atoms with van der Waals surface area (Å²) in [6.45, 7) is 6.38. The molecule has 0 bridgehead atoms. The van der Waals surface area contributed by atoms with E-state index in [0.717, 1.165) is 11.4 Å². The molecule has 0 aliphatic rings. The molecular formula is C8H13NS2. The van der Waals surface area contributed by atoms with Crippen LogP contribution in [0.2, 0.25) is 0 Å². The van der Waals surface area contributed by atoms with E-state index in [1.807, 2.05) is 6.92 Å². The van der Waals surface area contributed by atoms with E-state index in [9.17, 15) is 0 Å². The number of thiol groups is 1. The van der Waals surface area contributed by atoms with E-state index in [-0.39, 0.29) is 0 Å². The van der Waals surface area contributed by atoms with Gasteiger partial charge in [-0.1, -0.05) is 13.8 Å². The lowest BCUT2D eigenvalue weighted by Gasteiger charge is -1.94. The van der Waals surface area contributed by atoms with Crippen LogP contribution in [0.4, 0.5) is 0 Å². The summed E-state index contributed by atoms with van der Waals surface area (Å²) in [5, 5.41) is 1.23. The highest BCUT2D eigenvalue weighted by atomic mass is 32.1. The molecule has 0 saturated carbocycles. The van der Waals surface area contributed by atoms with Gasteiger partial charge in [-0.15, -0.1) is 11.3 Å². The van der Waals surface area contributed by atoms with Gasteiger partial charge in [-0.2, -0.15) is 12.6 Å². The van der Waals surface area contributed by atoms with Crippen molar-refractivity contribution in [3.8, 4) is 0 Å². The van der Waals surface area contributed by atoms with Crippen LogP contribution in [0.3, 0.4) is 0 Å². The summed E-state index contributed by atoms with van der Waals surface area (Å²) in [4.78, 5) is 5.75. The molecule has 0 spiro atoms. The predicted molar refractivity (Wildman–Crippen MR) is 53.6 cm³/mol. The van der Waals surface area contributed by atoms with E-state index >= 15 is 0 Å². The molecule has 11 heavy (non-hydrogen) atoms. The number of rotatable bonds is 2. The maximum atomic E-state index is 4.45. The molecule has 3 heteroatoms.